The second-order valence-electron chi connectivity index (χ2n) is 3.73. The zero-order valence-electron chi connectivity index (χ0n) is 9.98. The second-order valence-corrected chi connectivity index (χ2v) is 3.73. The highest BCUT2D eigenvalue weighted by atomic mass is 16.5. The largest absolute Gasteiger partial charge is 0.494 e. The summed E-state index contributed by atoms with van der Waals surface area (Å²) >= 11 is 0. The quantitative estimate of drug-likeness (QED) is 0.641. The van der Waals surface area contributed by atoms with Gasteiger partial charge < -0.3 is 10.1 Å². The monoisotopic (exact) mass is 234 g/mol. The molecule has 1 rings (SSSR count). The minimum Gasteiger partial charge on any atom is -0.494 e. The summed E-state index contributed by atoms with van der Waals surface area (Å²) in [5.74, 6) is 0.234. The molecule has 0 aliphatic carbocycles. The van der Waals surface area contributed by atoms with Crippen LogP contribution in [0.15, 0.2) is 23.2 Å². The number of nitrogens with zero attached hydrogens (tertiary/aromatic N) is 1. The van der Waals surface area contributed by atoms with Crippen LogP contribution in [0.1, 0.15) is 13.8 Å². The normalized spacial score (nSPS) is 9.65. The van der Waals surface area contributed by atoms with Crippen LogP contribution >= 0.6 is 0 Å². The van der Waals surface area contributed by atoms with Gasteiger partial charge in [-0.15, -0.1) is 0 Å². The molecule has 0 aliphatic heterocycles. The van der Waals surface area contributed by atoms with Crippen molar-refractivity contribution in [2.75, 3.05) is 12.4 Å². The van der Waals surface area contributed by atoms with Gasteiger partial charge in [-0.05, 0) is 12.1 Å². The number of hydrogen-bond acceptors (Lipinski definition) is 4. The Morgan fingerprint density at radius 2 is 2.18 bits per heavy atom. The minimum atomic E-state index is -0.118. The maximum absolute atomic E-state index is 11.5. The van der Waals surface area contributed by atoms with Crippen LogP contribution in [0.5, 0.6) is 5.75 Å². The Bertz CT molecular complexity index is 463. The smallest absolute Gasteiger partial charge is 0.240 e. The van der Waals surface area contributed by atoms with E-state index in [-0.39, 0.29) is 11.8 Å². The Labute approximate surface area is 99.5 Å². The first kappa shape index (κ1) is 12.9. The Morgan fingerprint density at radius 1 is 1.47 bits per heavy atom. The van der Waals surface area contributed by atoms with E-state index in [9.17, 15) is 9.59 Å². The van der Waals surface area contributed by atoms with E-state index < -0.39 is 0 Å². The fourth-order valence-electron chi connectivity index (χ4n) is 1.18. The number of rotatable bonds is 4. The van der Waals surface area contributed by atoms with Gasteiger partial charge >= 0.3 is 0 Å². The van der Waals surface area contributed by atoms with E-state index in [0.29, 0.717) is 17.1 Å². The van der Waals surface area contributed by atoms with Crippen LogP contribution in [0.25, 0.3) is 0 Å². The molecule has 0 atom stereocenters. The fraction of sp³-hybridized carbons (Fsp3) is 0.333. The van der Waals surface area contributed by atoms with Crippen molar-refractivity contribution in [1.29, 1.82) is 0 Å². The summed E-state index contributed by atoms with van der Waals surface area (Å²) in [6.45, 7) is 3.60. The zero-order valence-corrected chi connectivity index (χ0v) is 9.98. The maximum atomic E-state index is 11.5. The SMILES string of the molecule is COc1cc(N=C=O)ccc1NC(=O)C(C)C. The fourth-order valence-corrected chi connectivity index (χ4v) is 1.18. The van der Waals surface area contributed by atoms with Crippen LogP contribution in [-0.2, 0) is 9.59 Å². The summed E-state index contributed by atoms with van der Waals surface area (Å²) < 4.78 is 5.11. The molecule has 90 valence electrons. The summed E-state index contributed by atoms with van der Waals surface area (Å²) in [6, 6.07) is 4.79. The van der Waals surface area contributed by atoms with Gasteiger partial charge in [0.1, 0.15) is 5.75 Å². The van der Waals surface area contributed by atoms with Gasteiger partial charge in [-0.2, -0.15) is 4.99 Å². The first-order valence-electron chi connectivity index (χ1n) is 5.15. The molecular formula is C12H14N2O3. The standard InChI is InChI=1S/C12H14N2O3/c1-8(2)12(16)14-10-5-4-9(13-7-15)6-11(10)17-3/h4-6,8H,1-3H3,(H,14,16). The summed E-state index contributed by atoms with van der Waals surface area (Å²) in [5, 5.41) is 2.73. The molecule has 1 amide bonds. The molecule has 0 aromatic heterocycles. The molecular weight excluding hydrogens is 220 g/mol. The van der Waals surface area contributed by atoms with Crippen LogP contribution in [0.3, 0.4) is 0 Å². The number of ether oxygens (including phenoxy) is 1. The molecule has 1 aromatic carbocycles. The predicted molar refractivity (Wildman–Crippen MR) is 64.2 cm³/mol. The van der Waals surface area contributed by atoms with E-state index in [1.165, 1.54) is 13.2 Å². The van der Waals surface area contributed by atoms with Crippen molar-refractivity contribution < 1.29 is 14.3 Å². The van der Waals surface area contributed by atoms with Crippen LogP contribution in [0.2, 0.25) is 0 Å². The molecule has 0 bridgehead atoms. The number of nitrogens with one attached hydrogen (secondary N) is 1. The molecule has 0 fully saturated rings. The second kappa shape index (κ2) is 5.82. The van der Waals surface area contributed by atoms with Crippen molar-refractivity contribution in [2.45, 2.75) is 13.8 Å². The van der Waals surface area contributed by atoms with Crippen molar-refractivity contribution in [3.63, 3.8) is 0 Å². The molecule has 1 aromatic rings. The molecule has 0 spiro atoms. The van der Waals surface area contributed by atoms with Crippen LogP contribution in [0, 0.1) is 5.92 Å². The van der Waals surface area contributed by atoms with Crippen molar-refractivity contribution in [2.24, 2.45) is 10.9 Å². The highest BCUT2D eigenvalue weighted by Crippen LogP contribution is 2.29. The number of benzene rings is 1. The first-order valence-corrected chi connectivity index (χ1v) is 5.15. The number of aliphatic imine (C=N–C) groups is 1. The summed E-state index contributed by atoms with van der Waals surface area (Å²) in [5.41, 5.74) is 0.982. The van der Waals surface area contributed by atoms with Gasteiger partial charge in [0.15, 0.2) is 0 Å². The molecule has 0 aliphatic rings. The average Bonchev–Trinajstić information content (AvgIpc) is 2.31. The summed E-state index contributed by atoms with van der Waals surface area (Å²) in [6.07, 6.45) is 1.45. The number of isocyanates is 1. The molecule has 5 nitrogen and oxygen atoms in total. The number of carbonyl (C=O) groups excluding carboxylic acids is 2. The highest BCUT2D eigenvalue weighted by molar-refractivity contribution is 5.93. The Kier molecular flexibility index (Phi) is 4.43. The maximum Gasteiger partial charge on any atom is 0.240 e. The number of carbonyl (C=O) groups is 1. The molecule has 5 heteroatoms. The summed E-state index contributed by atoms with van der Waals surface area (Å²) in [7, 11) is 1.48. The molecule has 0 saturated heterocycles. The van der Waals surface area contributed by atoms with E-state index in [1.807, 2.05) is 0 Å². The molecule has 0 radical (unpaired) electrons. The number of hydrogen-bond donors (Lipinski definition) is 1. The lowest BCUT2D eigenvalue weighted by Crippen LogP contribution is -2.18. The van der Waals surface area contributed by atoms with Crippen LogP contribution < -0.4 is 10.1 Å². The van der Waals surface area contributed by atoms with E-state index in [4.69, 9.17) is 4.74 Å². The van der Waals surface area contributed by atoms with Gasteiger partial charge in [0.2, 0.25) is 12.0 Å². The van der Waals surface area contributed by atoms with Crippen molar-refractivity contribution in [1.82, 2.24) is 0 Å². The van der Waals surface area contributed by atoms with E-state index in [0.717, 1.165) is 0 Å². The minimum absolute atomic E-state index is 0.102. The third kappa shape index (κ3) is 3.43. The van der Waals surface area contributed by atoms with Crippen LogP contribution in [0.4, 0.5) is 11.4 Å². The number of methoxy groups -OCH3 is 1. The predicted octanol–water partition coefficient (Wildman–Crippen LogP) is 2.26. The van der Waals surface area contributed by atoms with Crippen LogP contribution in [-0.4, -0.2) is 19.1 Å². The first-order chi connectivity index (χ1) is 8.08. The Balaban J connectivity index is 3.00. The van der Waals surface area contributed by atoms with E-state index in [1.54, 1.807) is 32.0 Å². The lowest BCUT2D eigenvalue weighted by Gasteiger charge is -2.11. The molecule has 1 N–H and O–H groups in total. The van der Waals surface area contributed by atoms with Gasteiger partial charge in [0.25, 0.3) is 0 Å². The average molecular weight is 234 g/mol. The summed E-state index contributed by atoms with van der Waals surface area (Å²) in [4.78, 5) is 25.1. The van der Waals surface area contributed by atoms with Gasteiger partial charge in [-0.3, -0.25) is 4.79 Å². The number of anilines is 1. The van der Waals surface area contributed by atoms with Crippen molar-refractivity contribution in [3.8, 4) is 5.75 Å². The molecule has 0 saturated carbocycles. The Hall–Kier alpha value is -2.13. The third-order valence-corrected chi connectivity index (χ3v) is 2.14. The lowest BCUT2D eigenvalue weighted by atomic mass is 10.2. The van der Waals surface area contributed by atoms with E-state index >= 15 is 0 Å². The van der Waals surface area contributed by atoms with Crippen molar-refractivity contribution in [3.05, 3.63) is 18.2 Å². The van der Waals surface area contributed by atoms with Crippen molar-refractivity contribution >= 4 is 23.4 Å². The topological polar surface area (TPSA) is 67.8 Å². The molecule has 17 heavy (non-hydrogen) atoms. The lowest BCUT2D eigenvalue weighted by molar-refractivity contribution is -0.118. The third-order valence-electron chi connectivity index (χ3n) is 2.14. The van der Waals surface area contributed by atoms with E-state index in [2.05, 4.69) is 10.3 Å². The highest BCUT2D eigenvalue weighted by Gasteiger charge is 2.11. The Morgan fingerprint density at radius 3 is 2.71 bits per heavy atom. The van der Waals surface area contributed by atoms with Gasteiger partial charge in [-0.25, -0.2) is 4.79 Å². The zero-order chi connectivity index (χ0) is 12.8. The van der Waals surface area contributed by atoms with Gasteiger partial charge in [-0.1, -0.05) is 13.8 Å². The number of amides is 1. The molecule has 0 unspecified atom stereocenters. The molecule has 0 heterocycles. The van der Waals surface area contributed by atoms with Gasteiger partial charge in [0, 0.05) is 12.0 Å². The van der Waals surface area contributed by atoms with Gasteiger partial charge in [0.05, 0.1) is 18.5 Å².